The number of amides is 1. The van der Waals surface area contributed by atoms with E-state index in [1.165, 1.54) is 11.0 Å². The molecule has 88 valence electrons. The SMILES string of the molecule is CC(CO)N(C)C(=O)c1ccc(Cl)c(N)c1. The number of nitrogens with zero attached hydrogens (tertiary/aromatic N) is 1. The van der Waals surface area contributed by atoms with Crippen molar-refractivity contribution in [2.75, 3.05) is 19.4 Å². The smallest absolute Gasteiger partial charge is 0.253 e. The third-order valence-corrected chi connectivity index (χ3v) is 2.83. The summed E-state index contributed by atoms with van der Waals surface area (Å²) in [6, 6.07) is 4.50. The highest BCUT2D eigenvalue weighted by Crippen LogP contribution is 2.20. The number of rotatable bonds is 3. The molecule has 0 aliphatic heterocycles. The normalized spacial score (nSPS) is 12.2. The van der Waals surface area contributed by atoms with Crippen molar-refractivity contribution in [1.82, 2.24) is 4.90 Å². The Bertz CT molecular complexity index is 396. The highest BCUT2D eigenvalue weighted by molar-refractivity contribution is 6.33. The van der Waals surface area contributed by atoms with Gasteiger partial charge >= 0.3 is 0 Å². The zero-order valence-electron chi connectivity index (χ0n) is 9.27. The van der Waals surface area contributed by atoms with Crippen LogP contribution < -0.4 is 5.73 Å². The molecule has 0 fully saturated rings. The van der Waals surface area contributed by atoms with E-state index in [2.05, 4.69) is 0 Å². The second-order valence-corrected chi connectivity index (χ2v) is 4.09. The second-order valence-electron chi connectivity index (χ2n) is 3.68. The van der Waals surface area contributed by atoms with E-state index < -0.39 is 0 Å². The van der Waals surface area contributed by atoms with Crippen molar-refractivity contribution in [1.29, 1.82) is 0 Å². The van der Waals surface area contributed by atoms with Gasteiger partial charge in [-0.15, -0.1) is 0 Å². The van der Waals surface area contributed by atoms with Gasteiger partial charge in [-0.3, -0.25) is 4.79 Å². The van der Waals surface area contributed by atoms with Crippen molar-refractivity contribution in [2.45, 2.75) is 13.0 Å². The molecule has 1 rings (SSSR count). The third-order valence-electron chi connectivity index (χ3n) is 2.49. The molecule has 0 spiro atoms. The van der Waals surface area contributed by atoms with Gasteiger partial charge in [-0.1, -0.05) is 11.6 Å². The number of aliphatic hydroxyl groups excluding tert-OH is 1. The van der Waals surface area contributed by atoms with Gasteiger partial charge in [0.2, 0.25) is 0 Å². The van der Waals surface area contributed by atoms with E-state index in [9.17, 15) is 4.79 Å². The van der Waals surface area contributed by atoms with Gasteiger partial charge in [0.1, 0.15) is 0 Å². The molecule has 16 heavy (non-hydrogen) atoms. The second kappa shape index (κ2) is 5.18. The number of benzene rings is 1. The van der Waals surface area contributed by atoms with E-state index in [4.69, 9.17) is 22.4 Å². The first-order chi connectivity index (χ1) is 7.47. The van der Waals surface area contributed by atoms with Crippen molar-refractivity contribution in [3.8, 4) is 0 Å². The van der Waals surface area contributed by atoms with Gasteiger partial charge in [-0.05, 0) is 25.1 Å². The predicted octanol–water partition coefficient (Wildman–Crippen LogP) is 1.38. The molecule has 1 atom stereocenters. The molecule has 1 aromatic carbocycles. The van der Waals surface area contributed by atoms with Crippen molar-refractivity contribution in [2.24, 2.45) is 0 Å². The Labute approximate surface area is 99.6 Å². The molecule has 0 aliphatic carbocycles. The zero-order valence-corrected chi connectivity index (χ0v) is 10.0. The van der Waals surface area contributed by atoms with E-state index in [1.807, 2.05) is 0 Å². The van der Waals surface area contributed by atoms with Crippen LogP contribution in [0, 0.1) is 0 Å². The molecule has 0 aliphatic rings. The maximum absolute atomic E-state index is 11.9. The summed E-state index contributed by atoms with van der Waals surface area (Å²) in [7, 11) is 1.63. The Kier molecular flexibility index (Phi) is 4.15. The largest absolute Gasteiger partial charge is 0.398 e. The van der Waals surface area contributed by atoms with Crippen LogP contribution in [-0.2, 0) is 0 Å². The van der Waals surface area contributed by atoms with Crippen molar-refractivity contribution >= 4 is 23.2 Å². The van der Waals surface area contributed by atoms with Crippen LogP contribution in [0.4, 0.5) is 5.69 Å². The number of halogens is 1. The standard InChI is InChI=1S/C11H15ClN2O2/c1-7(6-15)14(2)11(16)8-3-4-9(12)10(13)5-8/h3-5,7,15H,6,13H2,1-2H3. The Morgan fingerprint density at radius 2 is 2.25 bits per heavy atom. The minimum Gasteiger partial charge on any atom is -0.398 e. The maximum Gasteiger partial charge on any atom is 0.253 e. The first-order valence-corrected chi connectivity index (χ1v) is 5.28. The zero-order chi connectivity index (χ0) is 12.3. The molecule has 5 heteroatoms. The summed E-state index contributed by atoms with van der Waals surface area (Å²) in [5, 5.41) is 9.39. The van der Waals surface area contributed by atoms with Gasteiger partial charge in [-0.2, -0.15) is 0 Å². The quantitative estimate of drug-likeness (QED) is 0.787. The number of carbonyl (C=O) groups is 1. The molecule has 0 saturated carbocycles. The molecule has 4 nitrogen and oxygen atoms in total. The Morgan fingerprint density at radius 3 is 2.75 bits per heavy atom. The molecule has 3 N–H and O–H groups in total. The van der Waals surface area contributed by atoms with Crippen LogP contribution in [0.2, 0.25) is 5.02 Å². The number of likely N-dealkylation sites (N-methyl/N-ethyl adjacent to an activating group) is 1. The highest BCUT2D eigenvalue weighted by Gasteiger charge is 2.17. The molecule has 0 radical (unpaired) electrons. The van der Waals surface area contributed by atoms with E-state index in [-0.39, 0.29) is 18.6 Å². The number of hydrogen-bond acceptors (Lipinski definition) is 3. The number of anilines is 1. The maximum atomic E-state index is 11.9. The lowest BCUT2D eigenvalue weighted by molar-refractivity contribution is 0.0682. The van der Waals surface area contributed by atoms with Gasteiger partial charge in [0.05, 0.1) is 23.4 Å². The van der Waals surface area contributed by atoms with Crippen LogP contribution in [0.15, 0.2) is 18.2 Å². The molecule has 0 aromatic heterocycles. The van der Waals surface area contributed by atoms with Crippen LogP contribution in [0.25, 0.3) is 0 Å². The number of aliphatic hydroxyl groups is 1. The lowest BCUT2D eigenvalue weighted by atomic mass is 10.1. The van der Waals surface area contributed by atoms with Gasteiger partial charge in [0, 0.05) is 12.6 Å². The molecular weight excluding hydrogens is 228 g/mol. The fourth-order valence-electron chi connectivity index (χ4n) is 1.20. The lowest BCUT2D eigenvalue weighted by Crippen LogP contribution is -2.37. The summed E-state index contributed by atoms with van der Waals surface area (Å²) in [4.78, 5) is 13.4. The highest BCUT2D eigenvalue weighted by atomic mass is 35.5. The van der Waals surface area contributed by atoms with Gasteiger partial charge in [-0.25, -0.2) is 0 Å². The molecular formula is C11H15ClN2O2. The van der Waals surface area contributed by atoms with Crippen LogP contribution >= 0.6 is 11.6 Å². The summed E-state index contributed by atoms with van der Waals surface area (Å²) in [6.07, 6.45) is 0. The fraction of sp³-hybridized carbons (Fsp3) is 0.364. The third kappa shape index (κ3) is 2.65. The molecule has 1 unspecified atom stereocenters. The summed E-state index contributed by atoms with van der Waals surface area (Å²) in [5.41, 5.74) is 6.45. The van der Waals surface area contributed by atoms with Crippen LogP contribution in [0.3, 0.4) is 0 Å². The van der Waals surface area contributed by atoms with E-state index in [0.29, 0.717) is 16.3 Å². The summed E-state index contributed by atoms with van der Waals surface area (Å²) in [6.45, 7) is 1.68. The number of nitrogens with two attached hydrogens (primary N) is 1. The van der Waals surface area contributed by atoms with Crippen molar-refractivity contribution in [3.63, 3.8) is 0 Å². The summed E-state index contributed by atoms with van der Waals surface area (Å²) >= 11 is 5.76. The molecule has 0 heterocycles. The predicted molar refractivity (Wildman–Crippen MR) is 64.5 cm³/mol. The summed E-state index contributed by atoms with van der Waals surface area (Å²) < 4.78 is 0. The molecule has 1 aromatic rings. The summed E-state index contributed by atoms with van der Waals surface area (Å²) in [5.74, 6) is -0.190. The minimum absolute atomic E-state index is 0.0781. The van der Waals surface area contributed by atoms with Gasteiger partial charge < -0.3 is 15.7 Å². The van der Waals surface area contributed by atoms with Crippen molar-refractivity contribution in [3.05, 3.63) is 28.8 Å². The number of carbonyl (C=O) groups excluding carboxylic acids is 1. The van der Waals surface area contributed by atoms with Crippen molar-refractivity contribution < 1.29 is 9.90 Å². The lowest BCUT2D eigenvalue weighted by Gasteiger charge is -2.23. The molecule has 0 bridgehead atoms. The monoisotopic (exact) mass is 242 g/mol. The Morgan fingerprint density at radius 1 is 1.62 bits per heavy atom. The van der Waals surface area contributed by atoms with E-state index in [0.717, 1.165) is 0 Å². The topological polar surface area (TPSA) is 66.6 Å². The molecule has 1 amide bonds. The average Bonchev–Trinajstić information content (AvgIpc) is 2.29. The number of nitrogen functional groups attached to an aromatic ring is 1. The fourth-order valence-corrected chi connectivity index (χ4v) is 1.32. The number of hydrogen-bond donors (Lipinski definition) is 2. The minimum atomic E-state index is -0.232. The molecule has 0 saturated heterocycles. The van der Waals surface area contributed by atoms with Gasteiger partial charge in [0.15, 0.2) is 0 Å². The first kappa shape index (κ1) is 12.8. The van der Waals surface area contributed by atoms with E-state index >= 15 is 0 Å². The van der Waals surface area contributed by atoms with Crippen LogP contribution in [0.5, 0.6) is 0 Å². The average molecular weight is 243 g/mol. The Hall–Kier alpha value is -1.26. The Balaban J connectivity index is 2.92. The van der Waals surface area contributed by atoms with Crippen LogP contribution in [-0.4, -0.2) is 35.6 Å². The van der Waals surface area contributed by atoms with E-state index in [1.54, 1.807) is 26.1 Å². The first-order valence-electron chi connectivity index (χ1n) is 4.90. The van der Waals surface area contributed by atoms with Crippen LogP contribution in [0.1, 0.15) is 17.3 Å². The van der Waals surface area contributed by atoms with Gasteiger partial charge in [0.25, 0.3) is 5.91 Å².